The van der Waals surface area contributed by atoms with Crippen LogP contribution in [0.25, 0.3) is 6.08 Å². The van der Waals surface area contributed by atoms with Gasteiger partial charge in [0, 0.05) is 32.6 Å². The highest BCUT2D eigenvalue weighted by Crippen LogP contribution is 2.31. The van der Waals surface area contributed by atoms with Crippen molar-refractivity contribution in [3.63, 3.8) is 0 Å². The molecule has 2 aliphatic heterocycles. The van der Waals surface area contributed by atoms with Crippen molar-refractivity contribution in [2.24, 2.45) is 5.92 Å². The van der Waals surface area contributed by atoms with Crippen molar-refractivity contribution in [3.05, 3.63) is 76.7 Å². The first-order chi connectivity index (χ1) is 15.5. The van der Waals surface area contributed by atoms with E-state index in [1.165, 1.54) is 0 Å². The zero-order valence-electron chi connectivity index (χ0n) is 17.4. The van der Waals surface area contributed by atoms with E-state index < -0.39 is 5.92 Å². The van der Waals surface area contributed by atoms with Crippen LogP contribution in [0.5, 0.6) is 0 Å². The van der Waals surface area contributed by atoms with Crippen LogP contribution >= 0.6 is 11.8 Å². The molecule has 164 valence electrons. The van der Waals surface area contributed by atoms with Gasteiger partial charge in [-0.1, -0.05) is 60.7 Å². The van der Waals surface area contributed by atoms with Crippen molar-refractivity contribution < 1.29 is 19.2 Å². The number of imide groups is 1. The lowest BCUT2D eigenvalue weighted by Crippen LogP contribution is -2.40. The minimum atomic E-state index is -0.431. The predicted molar refractivity (Wildman–Crippen MR) is 122 cm³/mol. The predicted octanol–water partition coefficient (Wildman–Crippen LogP) is 2.89. The fourth-order valence-corrected chi connectivity index (χ4v) is 4.60. The molecule has 2 aromatic rings. The van der Waals surface area contributed by atoms with Crippen molar-refractivity contribution in [3.8, 4) is 0 Å². The van der Waals surface area contributed by atoms with Crippen molar-refractivity contribution in [1.29, 1.82) is 0 Å². The van der Waals surface area contributed by atoms with Crippen LogP contribution in [-0.4, -0.2) is 52.4 Å². The molecular formula is C24H23N3O4S. The Balaban J connectivity index is 1.27. The number of nitrogens with one attached hydrogen (secondary N) is 1. The molecule has 0 bridgehead atoms. The monoisotopic (exact) mass is 449 g/mol. The van der Waals surface area contributed by atoms with Crippen LogP contribution in [0.2, 0.25) is 0 Å². The highest BCUT2D eigenvalue weighted by molar-refractivity contribution is 8.18. The van der Waals surface area contributed by atoms with Gasteiger partial charge >= 0.3 is 0 Å². The smallest absolute Gasteiger partial charge is 0.293 e. The maximum Gasteiger partial charge on any atom is 0.293 e. The molecule has 1 atom stereocenters. The molecule has 0 aromatic heterocycles. The Morgan fingerprint density at radius 3 is 2.44 bits per heavy atom. The molecule has 4 amide bonds. The van der Waals surface area contributed by atoms with Crippen LogP contribution in [0.1, 0.15) is 17.5 Å². The molecule has 7 nitrogen and oxygen atoms in total. The molecule has 2 saturated heterocycles. The van der Waals surface area contributed by atoms with Crippen molar-refractivity contribution >= 4 is 40.8 Å². The van der Waals surface area contributed by atoms with Gasteiger partial charge in [-0.25, -0.2) is 0 Å². The standard InChI is InChI=1S/C24H23N3O4S/c28-21-14-19(16-26(21)15-18-9-5-2-6-10-18)22(29)25-11-12-27-23(30)20(32-24(27)31)13-17-7-3-1-4-8-17/h1-10,13,19H,11-12,14-16H2,(H,25,29)/b20-13-/t19-/m1/s1. The molecule has 0 saturated carbocycles. The summed E-state index contributed by atoms with van der Waals surface area (Å²) in [7, 11) is 0. The second-order valence-corrected chi connectivity index (χ2v) is 8.69. The summed E-state index contributed by atoms with van der Waals surface area (Å²) in [5, 5.41) is 2.42. The summed E-state index contributed by atoms with van der Waals surface area (Å²) in [5.74, 6) is -1.08. The summed E-state index contributed by atoms with van der Waals surface area (Å²) in [4.78, 5) is 52.8. The molecule has 8 heteroatoms. The van der Waals surface area contributed by atoms with Crippen molar-refractivity contribution in [1.82, 2.24) is 15.1 Å². The number of rotatable bonds is 7. The van der Waals surface area contributed by atoms with Gasteiger partial charge in [0.15, 0.2) is 0 Å². The number of hydrogen-bond donors (Lipinski definition) is 1. The first-order valence-electron chi connectivity index (χ1n) is 10.4. The van der Waals surface area contributed by atoms with Crippen LogP contribution in [0, 0.1) is 5.92 Å². The Morgan fingerprint density at radius 2 is 1.72 bits per heavy atom. The number of benzene rings is 2. The van der Waals surface area contributed by atoms with Gasteiger partial charge in [-0.2, -0.15) is 0 Å². The molecule has 0 aliphatic carbocycles. The molecule has 32 heavy (non-hydrogen) atoms. The molecule has 0 unspecified atom stereocenters. The maximum atomic E-state index is 12.6. The summed E-state index contributed by atoms with van der Waals surface area (Å²) in [6.07, 6.45) is 1.86. The average molecular weight is 450 g/mol. The summed E-state index contributed by atoms with van der Waals surface area (Å²) >= 11 is 0.897. The zero-order valence-corrected chi connectivity index (χ0v) is 18.2. The molecule has 0 radical (unpaired) electrons. The fourth-order valence-electron chi connectivity index (χ4n) is 3.73. The fraction of sp³-hybridized carbons (Fsp3) is 0.250. The molecule has 0 spiro atoms. The van der Waals surface area contributed by atoms with E-state index in [-0.39, 0.29) is 42.5 Å². The van der Waals surface area contributed by atoms with E-state index in [1.807, 2.05) is 60.7 Å². The van der Waals surface area contributed by atoms with Gasteiger partial charge in [0.05, 0.1) is 10.8 Å². The molecule has 2 fully saturated rings. The Morgan fingerprint density at radius 1 is 1.03 bits per heavy atom. The first kappa shape index (κ1) is 21.8. The SMILES string of the molecule is O=C(NCCN1C(=O)S/C(=C\c2ccccc2)C1=O)[C@@H]1CC(=O)N(Cc2ccccc2)C1. The number of carbonyl (C=O) groups excluding carboxylic acids is 4. The number of thioether (sulfide) groups is 1. The van der Waals surface area contributed by atoms with Gasteiger partial charge in [0.2, 0.25) is 11.8 Å². The lowest BCUT2D eigenvalue weighted by molar-refractivity contribution is -0.129. The molecule has 2 heterocycles. The van der Waals surface area contributed by atoms with Gasteiger partial charge in [0.1, 0.15) is 0 Å². The van der Waals surface area contributed by atoms with Crippen LogP contribution in [0.15, 0.2) is 65.6 Å². The minimum absolute atomic E-state index is 0.0500. The lowest BCUT2D eigenvalue weighted by atomic mass is 10.1. The Bertz CT molecular complexity index is 1060. The van der Waals surface area contributed by atoms with E-state index >= 15 is 0 Å². The van der Waals surface area contributed by atoms with Gasteiger partial charge in [-0.15, -0.1) is 0 Å². The highest BCUT2D eigenvalue weighted by Gasteiger charge is 2.36. The quantitative estimate of drug-likeness (QED) is 0.657. The van der Waals surface area contributed by atoms with Gasteiger partial charge in [-0.3, -0.25) is 24.1 Å². The molecule has 4 rings (SSSR count). The minimum Gasteiger partial charge on any atom is -0.354 e. The van der Waals surface area contributed by atoms with E-state index in [2.05, 4.69) is 5.32 Å². The van der Waals surface area contributed by atoms with Crippen molar-refractivity contribution in [2.45, 2.75) is 13.0 Å². The van der Waals surface area contributed by atoms with Crippen LogP contribution in [0.3, 0.4) is 0 Å². The molecule has 1 N–H and O–H groups in total. The third-order valence-corrected chi connectivity index (χ3v) is 6.31. The number of hydrogen-bond acceptors (Lipinski definition) is 5. The summed E-state index contributed by atoms with van der Waals surface area (Å²) in [6.45, 7) is 1.09. The zero-order chi connectivity index (χ0) is 22.5. The van der Waals surface area contributed by atoms with Crippen LogP contribution < -0.4 is 5.32 Å². The van der Waals surface area contributed by atoms with Gasteiger partial charge < -0.3 is 10.2 Å². The first-order valence-corrected chi connectivity index (χ1v) is 11.2. The van der Waals surface area contributed by atoms with E-state index in [0.717, 1.165) is 27.8 Å². The normalized spacial score (nSPS) is 19.8. The second kappa shape index (κ2) is 9.82. The number of amides is 4. The molecular weight excluding hydrogens is 426 g/mol. The third-order valence-electron chi connectivity index (χ3n) is 5.41. The number of likely N-dealkylation sites (tertiary alicyclic amines) is 1. The van der Waals surface area contributed by atoms with Gasteiger partial charge in [-0.05, 0) is 29.0 Å². The van der Waals surface area contributed by atoms with E-state index in [4.69, 9.17) is 0 Å². The molecule has 2 aromatic carbocycles. The van der Waals surface area contributed by atoms with Crippen molar-refractivity contribution in [2.75, 3.05) is 19.6 Å². The van der Waals surface area contributed by atoms with E-state index in [0.29, 0.717) is 18.0 Å². The van der Waals surface area contributed by atoms with Crippen LogP contribution in [-0.2, 0) is 20.9 Å². The van der Waals surface area contributed by atoms with E-state index in [1.54, 1.807) is 11.0 Å². The Labute approximate surface area is 190 Å². The number of carbonyl (C=O) groups is 4. The lowest BCUT2D eigenvalue weighted by Gasteiger charge is -2.17. The molecule has 2 aliphatic rings. The highest BCUT2D eigenvalue weighted by atomic mass is 32.2. The second-order valence-electron chi connectivity index (χ2n) is 7.70. The maximum absolute atomic E-state index is 12.6. The van der Waals surface area contributed by atoms with E-state index in [9.17, 15) is 19.2 Å². The largest absolute Gasteiger partial charge is 0.354 e. The summed E-state index contributed by atoms with van der Waals surface area (Å²) in [5.41, 5.74) is 1.86. The number of nitrogens with zero attached hydrogens (tertiary/aromatic N) is 2. The summed E-state index contributed by atoms with van der Waals surface area (Å²) < 4.78 is 0. The third kappa shape index (κ3) is 5.08. The average Bonchev–Trinajstić information content (AvgIpc) is 3.29. The Kier molecular flexibility index (Phi) is 6.70. The Hall–Kier alpha value is -3.39. The van der Waals surface area contributed by atoms with Crippen LogP contribution in [0.4, 0.5) is 4.79 Å². The van der Waals surface area contributed by atoms with Gasteiger partial charge in [0.25, 0.3) is 11.1 Å². The topological polar surface area (TPSA) is 86.8 Å². The summed E-state index contributed by atoms with van der Waals surface area (Å²) in [6, 6.07) is 19.0.